The van der Waals surface area contributed by atoms with Gasteiger partial charge < -0.3 is 5.32 Å². The van der Waals surface area contributed by atoms with Crippen molar-refractivity contribution in [1.29, 1.82) is 0 Å². The Morgan fingerprint density at radius 3 is 2.62 bits per heavy atom. The van der Waals surface area contributed by atoms with Gasteiger partial charge in [0.15, 0.2) is 0 Å². The van der Waals surface area contributed by atoms with Gasteiger partial charge in [0.05, 0.1) is 18.2 Å². The molecule has 1 heterocycles. The standard InChI is InChI=1S/C15H22N2O3S/c1-12(13-7-4-3-5-8-13)16-15(18)14-9-6-10-17(11-14)21(2,19)20/h3-5,7-8,12,14H,6,9-11H2,1-2H3,(H,16,18). The van der Waals surface area contributed by atoms with Crippen molar-refractivity contribution in [3.63, 3.8) is 0 Å². The molecule has 1 aliphatic rings. The number of nitrogens with one attached hydrogen (secondary N) is 1. The van der Waals surface area contributed by atoms with Crippen LogP contribution in [0.4, 0.5) is 0 Å². The number of rotatable bonds is 4. The Balaban J connectivity index is 1.97. The molecule has 2 unspecified atom stereocenters. The van der Waals surface area contributed by atoms with Crippen LogP contribution >= 0.6 is 0 Å². The van der Waals surface area contributed by atoms with E-state index >= 15 is 0 Å². The van der Waals surface area contributed by atoms with Crippen LogP contribution in [0.2, 0.25) is 0 Å². The molecule has 0 saturated carbocycles. The molecule has 0 radical (unpaired) electrons. The van der Waals surface area contributed by atoms with Gasteiger partial charge in [0.2, 0.25) is 15.9 Å². The van der Waals surface area contributed by atoms with E-state index in [1.165, 1.54) is 10.6 Å². The van der Waals surface area contributed by atoms with Crippen LogP contribution in [-0.4, -0.2) is 38.0 Å². The Kier molecular flexibility index (Phi) is 5.00. The molecule has 1 aromatic carbocycles. The first-order chi connectivity index (χ1) is 9.88. The van der Waals surface area contributed by atoms with Crippen molar-refractivity contribution in [2.24, 2.45) is 5.92 Å². The molecule has 1 saturated heterocycles. The highest BCUT2D eigenvalue weighted by Crippen LogP contribution is 2.20. The van der Waals surface area contributed by atoms with E-state index in [-0.39, 0.29) is 24.4 Å². The maximum Gasteiger partial charge on any atom is 0.224 e. The molecule has 1 N–H and O–H groups in total. The van der Waals surface area contributed by atoms with Gasteiger partial charge in [-0.05, 0) is 25.3 Å². The Morgan fingerprint density at radius 2 is 2.00 bits per heavy atom. The first-order valence-corrected chi connectivity index (χ1v) is 9.03. The molecule has 2 atom stereocenters. The lowest BCUT2D eigenvalue weighted by molar-refractivity contribution is -0.126. The van der Waals surface area contributed by atoms with Crippen LogP contribution in [0.5, 0.6) is 0 Å². The lowest BCUT2D eigenvalue weighted by atomic mass is 9.98. The molecule has 1 aliphatic heterocycles. The highest BCUT2D eigenvalue weighted by atomic mass is 32.2. The minimum absolute atomic E-state index is 0.0697. The van der Waals surface area contributed by atoms with Gasteiger partial charge in [0, 0.05) is 13.1 Å². The molecule has 21 heavy (non-hydrogen) atoms. The van der Waals surface area contributed by atoms with E-state index < -0.39 is 10.0 Å². The fourth-order valence-corrected chi connectivity index (χ4v) is 3.53. The van der Waals surface area contributed by atoms with Crippen LogP contribution in [0, 0.1) is 5.92 Å². The third kappa shape index (κ3) is 4.28. The number of hydrogen-bond acceptors (Lipinski definition) is 3. The van der Waals surface area contributed by atoms with Gasteiger partial charge in [0.1, 0.15) is 0 Å². The molecular weight excluding hydrogens is 288 g/mol. The van der Waals surface area contributed by atoms with Gasteiger partial charge in [-0.15, -0.1) is 0 Å². The number of hydrogen-bond donors (Lipinski definition) is 1. The largest absolute Gasteiger partial charge is 0.349 e. The van der Waals surface area contributed by atoms with Crippen LogP contribution in [0.3, 0.4) is 0 Å². The van der Waals surface area contributed by atoms with Crippen molar-refractivity contribution in [2.75, 3.05) is 19.3 Å². The number of carbonyl (C=O) groups is 1. The van der Waals surface area contributed by atoms with Gasteiger partial charge in [-0.3, -0.25) is 4.79 Å². The Hall–Kier alpha value is -1.40. The third-order valence-electron chi connectivity index (χ3n) is 3.88. The number of benzene rings is 1. The third-order valence-corrected chi connectivity index (χ3v) is 5.15. The lowest BCUT2D eigenvalue weighted by Crippen LogP contribution is -2.45. The summed E-state index contributed by atoms with van der Waals surface area (Å²) in [6.45, 7) is 2.73. The first-order valence-electron chi connectivity index (χ1n) is 7.18. The summed E-state index contributed by atoms with van der Waals surface area (Å²) < 4.78 is 24.6. The van der Waals surface area contributed by atoms with E-state index in [4.69, 9.17) is 0 Å². The highest BCUT2D eigenvalue weighted by Gasteiger charge is 2.30. The van der Waals surface area contributed by atoms with E-state index in [0.29, 0.717) is 6.54 Å². The zero-order valence-electron chi connectivity index (χ0n) is 12.5. The van der Waals surface area contributed by atoms with Gasteiger partial charge >= 0.3 is 0 Å². The second-order valence-electron chi connectivity index (χ2n) is 5.60. The molecule has 5 nitrogen and oxygen atoms in total. The summed E-state index contributed by atoms with van der Waals surface area (Å²) in [6, 6.07) is 9.66. The molecule has 1 amide bonds. The first kappa shape index (κ1) is 16.0. The van der Waals surface area contributed by atoms with E-state index in [1.54, 1.807) is 0 Å². The van der Waals surface area contributed by atoms with Gasteiger partial charge in [-0.1, -0.05) is 30.3 Å². The minimum Gasteiger partial charge on any atom is -0.349 e. The number of amides is 1. The Morgan fingerprint density at radius 1 is 1.33 bits per heavy atom. The Bertz CT molecular complexity index is 586. The molecule has 0 bridgehead atoms. The summed E-state index contributed by atoms with van der Waals surface area (Å²) in [4.78, 5) is 12.3. The van der Waals surface area contributed by atoms with Crippen molar-refractivity contribution in [3.05, 3.63) is 35.9 Å². The van der Waals surface area contributed by atoms with Crippen molar-refractivity contribution in [2.45, 2.75) is 25.8 Å². The molecule has 1 aromatic rings. The van der Waals surface area contributed by atoms with Crippen molar-refractivity contribution in [3.8, 4) is 0 Å². The van der Waals surface area contributed by atoms with Crippen LogP contribution in [0.25, 0.3) is 0 Å². The number of carbonyl (C=O) groups excluding carboxylic acids is 1. The number of sulfonamides is 1. The minimum atomic E-state index is -3.22. The molecule has 0 aliphatic carbocycles. The Labute approximate surface area is 126 Å². The van der Waals surface area contributed by atoms with Crippen molar-refractivity contribution in [1.82, 2.24) is 9.62 Å². The van der Waals surface area contributed by atoms with Crippen molar-refractivity contribution < 1.29 is 13.2 Å². The topological polar surface area (TPSA) is 66.5 Å². The number of nitrogens with zero attached hydrogens (tertiary/aromatic N) is 1. The lowest BCUT2D eigenvalue weighted by Gasteiger charge is -2.30. The smallest absolute Gasteiger partial charge is 0.224 e. The normalized spacial score (nSPS) is 21.7. The molecule has 0 aromatic heterocycles. The predicted molar refractivity (Wildman–Crippen MR) is 82.1 cm³/mol. The van der Waals surface area contributed by atoms with Gasteiger partial charge in [-0.2, -0.15) is 0 Å². The fourth-order valence-electron chi connectivity index (χ4n) is 2.61. The van der Waals surface area contributed by atoms with Crippen LogP contribution < -0.4 is 5.32 Å². The average Bonchev–Trinajstić information content (AvgIpc) is 2.47. The zero-order valence-corrected chi connectivity index (χ0v) is 13.3. The molecule has 2 rings (SSSR count). The molecule has 6 heteroatoms. The quantitative estimate of drug-likeness (QED) is 0.917. The van der Waals surface area contributed by atoms with E-state index in [2.05, 4.69) is 5.32 Å². The molecule has 116 valence electrons. The van der Waals surface area contributed by atoms with Crippen LogP contribution in [0.15, 0.2) is 30.3 Å². The van der Waals surface area contributed by atoms with Gasteiger partial charge in [-0.25, -0.2) is 12.7 Å². The van der Waals surface area contributed by atoms with Crippen LogP contribution in [-0.2, 0) is 14.8 Å². The highest BCUT2D eigenvalue weighted by molar-refractivity contribution is 7.88. The van der Waals surface area contributed by atoms with Crippen molar-refractivity contribution >= 4 is 15.9 Å². The summed E-state index contributed by atoms with van der Waals surface area (Å²) in [7, 11) is -3.22. The van der Waals surface area contributed by atoms with Crippen LogP contribution in [0.1, 0.15) is 31.4 Å². The maximum atomic E-state index is 12.3. The zero-order chi connectivity index (χ0) is 15.5. The van der Waals surface area contributed by atoms with E-state index in [9.17, 15) is 13.2 Å². The SMILES string of the molecule is CC(NC(=O)C1CCCN(S(C)(=O)=O)C1)c1ccccc1. The molecule has 1 fully saturated rings. The van der Waals surface area contributed by atoms with E-state index in [0.717, 1.165) is 18.4 Å². The summed E-state index contributed by atoms with van der Waals surface area (Å²) in [5, 5.41) is 2.98. The van der Waals surface area contributed by atoms with Gasteiger partial charge in [0.25, 0.3) is 0 Å². The van der Waals surface area contributed by atoms with E-state index in [1.807, 2.05) is 37.3 Å². The summed E-state index contributed by atoms with van der Waals surface area (Å²) in [5.74, 6) is -0.334. The second-order valence-corrected chi connectivity index (χ2v) is 7.58. The summed E-state index contributed by atoms with van der Waals surface area (Å²) in [6.07, 6.45) is 2.66. The molecular formula is C15H22N2O3S. The fraction of sp³-hybridized carbons (Fsp3) is 0.533. The maximum absolute atomic E-state index is 12.3. The summed E-state index contributed by atoms with van der Waals surface area (Å²) >= 11 is 0. The monoisotopic (exact) mass is 310 g/mol. The molecule has 0 spiro atoms. The average molecular weight is 310 g/mol. The summed E-state index contributed by atoms with van der Waals surface area (Å²) in [5.41, 5.74) is 1.04. The second kappa shape index (κ2) is 6.58. The number of piperidine rings is 1. The predicted octanol–water partition coefficient (Wildman–Crippen LogP) is 1.54.